The number of anilines is 1. The lowest BCUT2D eigenvalue weighted by atomic mass is 10.1. The molecule has 1 aliphatic heterocycles. The highest BCUT2D eigenvalue weighted by Gasteiger charge is 2.03. The Morgan fingerprint density at radius 1 is 1.50 bits per heavy atom. The van der Waals surface area contributed by atoms with E-state index in [2.05, 4.69) is 26.7 Å². The third kappa shape index (κ3) is 2.93. The van der Waals surface area contributed by atoms with E-state index in [1.54, 1.807) is 13.2 Å². The summed E-state index contributed by atoms with van der Waals surface area (Å²) >= 11 is 0. The molecule has 5 heteroatoms. The van der Waals surface area contributed by atoms with Crippen LogP contribution in [-0.4, -0.2) is 36.7 Å². The second-order valence-corrected chi connectivity index (χ2v) is 3.62. The summed E-state index contributed by atoms with van der Waals surface area (Å²) in [5.41, 5.74) is 1.41. The van der Waals surface area contributed by atoms with Gasteiger partial charge in [0.25, 0.3) is 0 Å². The van der Waals surface area contributed by atoms with Crippen LogP contribution in [0.3, 0.4) is 0 Å². The number of nitrogens with zero attached hydrogens (tertiary/aromatic N) is 2. The van der Waals surface area contributed by atoms with Gasteiger partial charge in [0.2, 0.25) is 5.88 Å². The average molecular weight is 220 g/mol. The molecule has 1 aliphatic rings. The summed E-state index contributed by atoms with van der Waals surface area (Å²) in [7, 11) is 1.60. The molecule has 2 heterocycles. The molecule has 0 unspecified atom stereocenters. The molecule has 0 atom stereocenters. The fraction of sp³-hybridized carbons (Fsp3) is 0.455. The minimum Gasteiger partial charge on any atom is -0.481 e. The van der Waals surface area contributed by atoms with Gasteiger partial charge in [0.15, 0.2) is 0 Å². The van der Waals surface area contributed by atoms with Gasteiger partial charge in [0.1, 0.15) is 12.1 Å². The lowest BCUT2D eigenvalue weighted by molar-refractivity contribution is 0.397. The Morgan fingerprint density at radius 3 is 3.19 bits per heavy atom. The molecule has 16 heavy (non-hydrogen) atoms. The maximum atomic E-state index is 5.03. The van der Waals surface area contributed by atoms with Crippen molar-refractivity contribution in [2.75, 3.05) is 32.1 Å². The van der Waals surface area contributed by atoms with Crippen molar-refractivity contribution in [2.45, 2.75) is 6.42 Å². The van der Waals surface area contributed by atoms with Crippen LogP contribution in [-0.2, 0) is 0 Å². The Bertz CT molecular complexity index is 378. The van der Waals surface area contributed by atoms with Gasteiger partial charge in [-0.05, 0) is 13.0 Å². The highest BCUT2D eigenvalue weighted by Crippen LogP contribution is 2.11. The molecule has 1 aromatic rings. The number of rotatable bonds is 4. The fourth-order valence-electron chi connectivity index (χ4n) is 1.58. The molecule has 0 amide bonds. The summed E-state index contributed by atoms with van der Waals surface area (Å²) in [5.74, 6) is 1.38. The predicted octanol–water partition coefficient (Wildman–Crippen LogP) is 0.817. The third-order valence-corrected chi connectivity index (χ3v) is 2.51. The molecular formula is C11H16N4O. The van der Waals surface area contributed by atoms with Crippen molar-refractivity contribution in [3.63, 3.8) is 0 Å². The minimum atomic E-state index is 0.580. The smallest absolute Gasteiger partial charge is 0.218 e. The maximum absolute atomic E-state index is 5.03. The zero-order chi connectivity index (χ0) is 11.2. The van der Waals surface area contributed by atoms with E-state index < -0.39 is 0 Å². The van der Waals surface area contributed by atoms with Gasteiger partial charge in [-0.3, -0.25) is 0 Å². The van der Waals surface area contributed by atoms with Gasteiger partial charge >= 0.3 is 0 Å². The zero-order valence-corrected chi connectivity index (χ0v) is 9.36. The first kappa shape index (κ1) is 10.9. The van der Waals surface area contributed by atoms with Gasteiger partial charge < -0.3 is 15.4 Å². The number of nitrogens with one attached hydrogen (secondary N) is 2. The molecule has 5 nitrogen and oxygen atoms in total. The Labute approximate surface area is 94.9 Å². The SMILES string of the molecule is COc1cc(NCC2=CCNCC2)ncn1. The average Bonchev–Trinajstić information content (AvgIpc) is 2.38. The van der Waals surface area contributed by atoms with Gasteiger partial charge in [0.05, 0.1) is 7.11 Å². The van der Waals surface area contributed by atoms with Crippen molar-refractivity contribution in [3.05, 3.63) is 24.0 Å². The molecule has 0 fully saturated rings. The number of ether oxygens (including phenoxy) is 1. The molecule has 2 N–H and O–H groups in total. The van der Waals surface area contributed by atoms with Crippen molar-refractivity contribution in [1.29, 1.82) is 0 Å². The van der Waals surface area contributed by atoms with Crippen molar-refractivity contribution in [1.82, 2.24) is 15.3 Å². The minimum absolute atomic E-state index is 0.580. The van der Waals surface area contributed by atoms with Crippen LogP contribution in [0.5, 0.6) is 5.88 Å². The van der Waals surface area contributed by atoms with E-state index in [0.717, 1.165) is 31.9 Å². The van der Waals surface area contributed by atoms with Crippen molar-refractivity contribution >= 4 is 5.82 Å². The molecular weight excluding hydrogens is 204 g/mol. The van der Waals surface area contributed by atoms with E-state index in [0.29, 0.717) is 5.88 Å². The van der Waals surface area contributed by atoms with Gasteiger partial charge in [-0.1, -0.05) is 11.6 Å². The summed E-state index contributed by atoms with van der Waals surface area (Å²) in [6, 6.07) is 1.79. The van der Waals surface area contributed by atoms with Crippen LogP contribution in [0, 0.1) is 0 Å². The summed E-state index contributed by atoms with van der Waals surface area (Å²) < 4.78 is 5.03. The summed E-state index contributed by atoms with van der Waals surface area (Å²) in [5, 5.41) is 6.54. The highest BCUT2D eigenvalue weighted by atomic mass is 16.5. The summed E-state index contributed by atoms with van der Waals surface area (Å²) in [6.45, 7) is 2.85. The highest BCUT2D eigenvalue weighted by molar-refractivity contribution is 5.38. The molecule has 0 aromatic carbocycles. The van der Waals surface area contributed by atoms with Crippen LogP contribution in [0.2, 0.25) is 0 Å². The van der Waals surface area contributed by atoms with Gasteiger partial charge in [0, 0.05) is 19.2 Å². The summed E-state index contributed by atoms with van der Waals surface area (Å²) in [6.07, 6.45) is 4.81. The van der Waals surface area contributed by atoms with E-state index in [1.165, 1.54) is 11.9 Å². The Hall–Kier alpha value is -1.62. The molecule has 0 radical (unpaired) electrons. The number of hydrogen-bond acceptors (Lipinski definition) is 5. The molecule has 0 aliphatic carbocycles. The van der Waals surface area contributed by atoms with Crippen LogP contribution < -0.4 is 15.4 Å². The number of methoxy groups -OCH3 is 1. The van der Waals surface area contributed by atoms with Crippen molar-refractivity contribution < 1.29 is 4.74 Å². The first-order chi connectivity index (χ1) is 7.88. The summed E-state index contributed by atoms with van der Waals surface area (Å²) in [4.78, 5) is 8.08. The van der Waals surface area contributed by atoms with Crippen molar-refractivity contribution in [3.8, 4) is 5.88 Å². The fourth-order valence-corrected chi connectivity index (χ4v) is 1.58. The van der Waals surface area contributed by atoms with E-state index in [4.69, 9.17) is 4.74 Å². The number of aromatic nitrogens is 2. The van der Waals surface area contributed by atoms with Crippen LogP contribution in [0.4, 0.5) is 5.82 Å². The first-order valence-corrected chi connectivity index (χ1v) is 5.37. The second kappa shape index (κ2) is 5.46. The zero-order valence-electron chi connectivity index (χ0n) is 9.36. The quantitative estimate of drug-likeness (QED) is 0.736. The first-order valence-electron chi connectivity index (χ1n) is 5.37. The second-order valence-electron chi connectivity index (χ2n) is 3.62. The number of hydrogen-bond donors (Lipinski definition) is 2. The van der Waals surface area contributed by atoms with Crippen LogP contribution in [0.15, 0.2) is 24.0 Å². The molecule has 0 saturated carbocycles. The van der Waals surface area contributed by atoms with Crippen molar-refractivity contribution in [2.24, 2.45) is 0 Å². The van der Waals surface area contributed by atoms with Gasteiger partial charge in [-0.25, -0.2) is 9.97 Å². The van der Waals surface area contributed by atoms with E-state index in [9.17, 15) is 0 Å². The predicted molar refractivity (Wildman–Crippen MR) is 62.6 cm³/mol. The van der Waals surface area contributed by atoms with Crippen LogP contribution in [0.25, 0.3) is 0 Å². The van der Waals surface area contributed by atoms with E-state index in [-0.39, 0.29) is 0 Å². The topological polar surface area (TPSA) is 59.1 Å². The van der Waals surface area contributed by atoms with E-state index in [1.807, 2.05) is 0 Å². The monoisotopic (exact) mass is 220 g/mol. The lowest BCUT2D eigenvalue weighted by Gasteiger charge is -2.14. The lowest BCUT2D eigenvalue weighted by Crippen LogP contribution is -2.23. The molecule has 1 aromatic heterocycles. The molecule has 86 valence electrons. The van der Waals surface area contributed by atoms with Crippen LogP contribution in [0.1, 0.15) is 6.42 Å². The molecule has 0 spiro atoms. The maximum Gasteiger partial charge on any atom is 0.218 e. The van der Waals surface area contributed by atoms with Gasteiger partial charge in [-0.2, -0.15) is 0 Å². The molecule has 0 saturated heterocycles. The largest absolute Gasteiger partial charge is 0.481 e. The Balaban J connectivity index is 1.91. The van der Waals surface area contributed by atoms with Crippen LogP contribution >= 0.6 is 0 Å². The Kier molecular flexibility index (Phi) is 3.71. The normalized spacial score (nSPS) is 15.4. The standard InChI is InChI=1S/C11H16N4O/c1-16-11-6-10(14-8-15-11)13-7-9-2-4-12-5-3-9/h2,6,8,12H,3-5,7H2,1H3,(H,13,14,15). The third-order valence-electron chi connectivity index (χ3n) is 2.51. The van der Waals surface area contributed by atoms with E-state index >= 15 is 0 Å². The molecule has 2 rings (SSSR count). The Morgan fingerprint density at radius 2 is 2.44 bits per heavy atom. The molecule has 0 bridgehead atoms. The van der Waals surface area contributed by atoms with Gasteiger partial charge in [-0.15, -0.1) is 0 Å².